The third-order valence-corrected chi connectivity index (χ3v) is 6.66. The van der Waals surface area contributed by atoms with Crippen LogP contribution in [0.15, 0.2) is 48.8 Å². The molecule has 0 radical (unpaired) electrons. The molecule has 2 aliphatic heterocycles. The summed E-state index contributed by atoms with van der Waals surface area (Å²) in [5.74, 6) is -0.357. The predicted octanol–water partition coefficient (Wildman–Crippen LogP) is 4.44. The highest BCUT2D eigenvalue weighted by Crippen LogP contribution is 2.43. The van der Waals surface area contributed by atoms with Crippen LogP contribution in [0.2, 0.25) is 0 Å². The first-order valence-electron chi connectivity index (χ1n) is 11.3. The first-order valence-corrected chi connectivity index (χ1v) is 11.3. The van der Waals surface area contributed by atoms with Gasteiger partial charge in [0, 0.05) is 50.8 Å². The van der Waals surface area contributed by atoms with E-state index in [1.807, 2.05) is 19.1 Å². The maximum absolute atomic E-state index is 13.3. The first-order chi connectivity index (χ1) is 16.2. The topological polar surface area (TPSA) is 66.0 Å². The lowest BCUT2D eigenvalue weighted by molar-refractivity contribution is -0.274. The van der Waals surface area contributed by atoms with Gasteiger partial charge in [-0.05, 0) is 68.1 Å². The summed E-state index contributed by atoms with van der Waals surface area (Å²) in [7, 11) is 0. The lowest BCUT2D eigenvalue weighted by atomic mass is 9.77. The molecular weight excluding hydrogens is 449 g/mol. The lowest BCUT2D eigenvalue weighted by Gasteiger charge is -2.39. The fourth-order valence-electron chi connectivity index (χ4n) is 4.71. The molecule has 10 heteroatoms. The molecule has 2 fully saturated rings. The molecule has 0 bridgehead atoms. The second-order valence-corrected chi connectivity index (χ2v) is 8.67. The average Bonchev–Trinajstić information content (AvgIpc) is 3.13. The molecule has 1 spiro atoms. The number of aromatic nitrogens is 1. The second-order valence-electron chi connectivity index (χ2n) is 8.67. The van der Waals surface area contributed by atoms with Crippen molar-refractivity contribution in [2.75, 3.05) is 31.1 Å². The lowest BCUT2D eigenvalue weighted by Crippen LogP contribution is -2.50. The minimum atomic E-state index is -4.76. The third kappa shape index (κ3) is 5.10. The number of halogens is 3. The Bertz CT molecular complexity index is 1010. The fourth-order valence-corrected chi connectivity index (χ4v) is 4.71. The molecule has 0 unspecified atom stereocenters. The van der Waals surface area contributed by atoms with Crippen molar-refractivity contribution in [3.63, 3.8) is 0 Å². The van der Waals surface area contributed by atoms with Crippen LogP contribution in [0.5, 0.6) is 5.75 Å². The van der Waals surface area contributed by atoms with Crippen molar-refractivity contribution < 1.29 is 27.5 Å². The molecule has 0 N–H and O–H groups in total. The minimum absolute atomic E-state index is 0.0341. The minimum Gasteiger partial charge on any atom is -0.406 e. The van der Waals surface area contributed by atoms with E-state index in [1.165, 1.54) is 24.3 Å². The number of carbonyl (C=O) groups is 2. The van der Waals surface area contributed by atoms with Gasteiger partial charge < -0.3 is 19.4 Å². The van der Waals surface area contributed by atoms with Crippen molar-refractivity contribution in [3.05, 3.63) is 54.4 Å². The van der Waals surface area contributed by atoms with Crippen LogP contribution in [0.1, 0.15) is 31.7 Å². The number of anilines is 1. The summed E-state index contributed by atoms with van der Waals surface area (Å²) in [5, 5.41) is 0. The molecule has 2 aromatic rings. The number of hydrogen-bond acceptors (Lipinski definition) is 4. The van der Waals surface area contributed by atoms with Crippen LogP contribution >= 0.6 is 0 Å². The Balaban J connectivity index is 1.36. The number of piperidine rings is 1. The van der Waals surface area contributed by atoms with Gasteiger partial charge in [-0.25, -0.2) is 4.79 Å². The summed E-state index contributed by atoms with van der Waals surface area (Å²) in [6, 6.07) is 9.08. The molecule has 7 nitrogen and oxygen atoms in total. The summed E-state index contributed by atoms with van der Waals surface area (Å²) in [5.41, 5.74) is 1.01. The maximum atomic E-state index is 13.3. The van der Waals surface area contributed by atoms with E-state index in [2.05, 4.69) is 9.72 Å². The highest BCUT2D eigenvalue weighted by Gasteiger charge is 2.49. The molecule has 3 amide bonds. The SMILES string of the molecule is CCN(Cc1ccncc1)C(=O)N1CCC2(CC1)CCN(c1ccc(OC(F)(F)F)cc1)C2=O. The van der Waals surface area contributed by atoms with Crippen molar-refractivity contribution in [2.24, 2.45) is 5.41 Å². The normalized spacial score (nSPS) is 17.8. The largest absolute Gasteiger partial charge is 0.573 e. The van der Waals surface area contributed by atoms with Crippen LogP contribution in [0.25, 0.3) is 0 Å². The summed E-state index contributed by atoms with van der Waals surface area (Å²) in [6.07, 6.45) is 0.431. The van der Waals surface area contributed by atoms with E-state index in [9.17, 15) is 22.8 Å². The first kappa shape index (κ1) is 23.8. The zero-order chi connectivity index (χ0) is 24.3. The second kappa shape index (κ2) is 9.52. The summed E-state index contributed by atoms with van der Waals surface area (Å²) in [6.45, 7) is 4.49. The molecule has 0 aliphatic carbocycles. The number of amides is 3. The Hall–Kier alpha value is -3.30. The monoisotopic (exact) mass is 476 g/mol. The Kier molecular flexibility index (Phi) is 6.67. The number of likely N-dealkylation sites (tertiary alicyclic amines) is 1. The molecule has 1 aromatic carbocycles. The van der Waals surface area contributed by atoms with Crippen LogP contribution in [-0.4, -0.2) is 59.3 Å². The van der Waals surface area contributed by atoms with Crippen LogP contribution in [0.3, 0.4) is 0 Å². The average molecular weight is 476 g/mol. The van der Waals surface area contributed by atoms with Crippen LogP contribution in [0.4, 0.5) is 23.7 Å². The summed E-state index contributed by atoms with van der Waals surface area (Å²) >= 11 is 0. The van der Waals surface area contributed by atoms with Crippen molar-refractivity contribution in [1.29, 1.82) is 0 Å². The molecule has 4 rings (SSSR count). The molecule has 2 aliphatic rings. The number of hydrogen-bond donors (Lipinski definition) is 0. The van der Waals surface area contributed by atoms with E-state index in [0.717, 1.165) is 5.56 Å². The molecule has 34 heavy (non-hydrogen) atoms. The van der Waals surface area contributed by atoms with Gasteiger partial charge >= 0.3 is 12.4 Å². The summed E-state index contributed by atoms with van der Waals surface area (Å²) in [4.78, 5) is 35.6. The van der Waals surface area contributed by atoms with E-state index < -0.39 is 11.8 Å². The van der Waals surface area contributed by atoms with E-state index in [-0.39, 0.29) is 17.7 Å². The van der Waals surface area contributed by atoms with Gasteiger partial charge in [0.1, 0.15) is 5.75 Å². The van der Waals surface area contributed by atoms with Crippen molar-refractivity contribution in [1.82, 2.24) is 14.8 Å². The molecule has 0 saturated carbocycles. The van der Waals surface area contributed by atoms with E-state index in [4.69, 9.17) is 0 Å². The van der Waals surface area contributed by atoms with Crippen molar-refractivity contribution in [3.8, 4) is 5.75 Å². The van der Waals surface area contributed by atoms with Crippen LogP contribution < -0.4 is 9.64 Å². The van der Waals surface area contributed by atoms with E-state index >= 15 is 0 Å². The van der Waals surface area contributed by atoms with Crippen LogP contribution in [0, 0.1) is 5.41 Å². The molecule has 0 atom stereocenters. The van der Waals surface area contributed by atoms with Gasteiger partial charge in [0.15, 0.2) is 0 Å². The molecule has 1 aromatic heterocycles. The van der Waals surface area contributed by atoms with Gasteiger partial charge in [-0.15, -0.1) is 13.2 Å². The maximum Gasteiger partial charge on any atom is 0.573 e. The zero-order valence-electron chi connectivity index (χ0n) is 18.9. The number of alkyl halides is 3. The Morgan fingerprint density at radius 3 is 2.26 bits per heavy atom. The Morgan fingerprint density at radius 1 is 1.06 bits per heavy atom. The van der Waals surface area contributed by atoms with Gasteiger partial charge in [-0.2, -0.15) is 0 Å². The summed E-state index contributed by atoms with van der Waals surface area (Å²) < 4.78 is 41.1. The van der Waals surface area contributed by atoms with Crippen LogP contribution in [-0.2, 0) is 11.3 Å². The molecule has 3 heterocycles. The number of nitrogens with zero attached hydrogens (tertiary/aromatic N) is 4. The molecule has 182 valence electrons. The van der Waals surface area contributed by atoms with Gasteiger partial charge in [0.05, 0.1) is 5.41 Å². The quantitative estimate of drug-likeness (QED) is 0.640. The number of ether oxygens (including phenoxy) is 1. The third-order valence-electron chi connectivity index (χ3n) is 6.66. The van der Waals surface area contributed by atoms with Crippen molar-refractivity contribution >= 4 is 17.6 Å². The zero-order valence-corrected chi connectivity index (χ0v) is 18.9. The predicted molar refractivity (Wildman–Crippen MR) is 119 cm³/mol. The van der Waals surface area contributed by atoms with Gasteiger partial charge in [-0.1, -0.05) is 0 Å². The van der Waals surface area contributed by atoms with Gasteiger partial charge in [0.2, 0.25) is 5.91 Å². The molecular formula is C24H27F3N4O3. The fraction of sp³-hybridized carbons (Fsp3) is 0.458. The van der Waals surface area contributed by atoms with E-state index in [1.54, 1.807) is 27.1 Å². The number of urea groups is 1. The number of rotatable bonds is 5. The van der Waals surface area contributed by atoms with Crippen molar-refractivity contribution in [2.45, 2.75) is 39.1 Å². The highest BCUT2D eigenvalue weighted by atomic mass is 19.4. The Morgan fingerprint density at radius 2 is 1.68 bits per heavy atom. The Labute approximate surface area is 196 Å². The highest BCUT2D eigenvalue weighted by molar-refractivity contribution is 6.00. The van der Waals surface area contributed by atoms with Gasteiger partial charge in [0.25, 0.3) is 0 Å². The smallest absolute Gasteiger partial charge is 0.406 e. The van der Waals surface area contributed by atoms with Gasteiger partial charge in [-0.3, -0.25) is 9.78 Å². The molecule has 2 saturated heterocycles. The standard InChI is InChI=1S/C24H27F3N4O3/c1-2-29(17-18-7-12-28-13-8-18)22(33)30-14-9-23(10-15-30)11-16-31(21(23)32)19-3-5-20(6-4-19)34-24(25,26)27/h3-8,12-13H,2,9-11,14-17H2,1H3. The number of benzene rings is 1. The number of pyridine rings is 1. The number of carbonyl (C=O) groups excluding carboxylic acids is 2. The van der Waals surface area contributed by atoms with E-state index in [0.29, 0.717) is 57.7 Å².